The maximum absolute atomic E-state index is 13.9. The molecule has 1 unspecified atom stereocenters. The van der Waals surface area contributed by atoms with Gasteiger partial charge in [0.25, 0.3) is 0 Å². The van der Waals surface area contributed by atoms with E-state index in [1.165, 1.54) is 6.07 Å². The van der Waals surface area contributed by atoms with E-state index in [2.05, 4.69) is 9.55 Å². The number of benzene rings is 1. The highest BCUT2D eigenvalue weighted by Crippen LogP contribution is 2.23. The Bertz CT molecular complexity index is 593. The third-order valence-corrected chi connectivity index (χ3v) is 4.01. The first kappa shape index (κ1) is 13.8. The molecule has 3 rings (SSSR count). The average molecular weight is 297 g/mol. The highest BCUT2D eigenvalue weighted by Gasteiger charge is 2.19. The van der Waals surface area contributed by atoms with Crippen molar-refractivity contribution >= 4 is 22.6 Å². The minimum Gasteiger partial charge on any atom is -0.381 e. The SMILES string of the molecule is Fc1cccc2c1nc(CCCl)n2CC1CCCOC1. The number of imidazole rings is 1. The van der Waals surface area contributed by atoms with E-state index in [0.29, 0.717) is 23.7 Å². The second kappa shape index (κ2) is 6.10. The Balaban J connectivity index is 1.97. The van der Waals surface area contributed by atoms with E-state index in [9.17, 15) is 4.39 Å². The zero-order valence-electron chi connectivity index (χ0n) is 11.3. The molecule has 2 heterocycles. The number of aryl methyl sites for hydroxylation is 1. The summed E-state index contributed by atoms with van der Waals surface area (Å²) in [6.07, 6.45) is 2.90. The molecule has 0 bridgehead atoms. The van der Waals surface area contributed by atoms with Crippen molar-refractivity contribution in [3.63, 3.8) is 0 Å². The lowest BCUT2D eigenvalue weighted by Gasteiger charge is -2.23. The number of ether oxygens (including phenoxy) is 1. The van der Waals surface area contributed by atoms with Gasteiger partial charge >= 0.3 is 0 Å². The number of nitrogens with zero attached hydrogens (tertiary/aromatic N) is 2. The van der Waals surface area contributed by atoms with Crippen molar-refractivity contribution in [2.45, 2.75) is 25.8 Å². The monoisotopic (exact) mass is 296 g/mol. The molecule has 108 valence electrons. The maximum Gasteiger partial charge on any atom is 0.151 e. The van der Waals surface area contributed by atoms with E-state index >= 15 is 0 Å². The van der Waals surface area contributed by atoms with Crippen LogP contribution in [0.15, 0.2) is 18.2 Å². The van der Waals surface area contributed by atoms with Crippen LogP contribution in [0.5, 0.6) is 0 Å². The van der Waals surface area contributed by atoms with Crippen LogP contribution in [0.4, 0.5) is 4.39 Å². The summed E-state index contributed by atoms with van der Waals surface area (Å²) in [6.45, 7) is 2.45. The lowest BCUT2D eigenvalue weighted by molar-refractivity contribution is 0.0485. The molecule has 5 heteroatoms. The van der Waals surface area contributed by atoms with Gasteiger partial charge in [-0.2, -0.15) is 0 Å². The Morgan fingerprint density at radius 3 is 3.10 bits per heavy atom. The van der Waals surface area contributed by atoms with Crippen LogP contribution in [0, 0.1) is 11.7 Å². The molecule has 0 N–H and O–H groups in total. The zero-order valence-corrected chi connectivity index (χ0v) is 12.1. The third-order valence-electron chi connectivity index (χ3n) is 3.82. The molecule has 1 aromatic carbocycles. The quantitative estimate of drug-likeness (QED) is 0.809. The van der Waals surface area contributed by atoms with Crippen LogP contribution in [0.25, 0.3) is 11.0 Å². The second-order valence-electron chi connectivity index (χ2n) is 5.27. The molecular formula is C15H18ClFN2O. The molecule has 1 atom stereocenters. The van der Waals surface area contributed by atoms with E-state index in [1.807, 2.05) is 6.07 Å². The summed E-state index contributed by atoms with van der Waals surface area (Å²) in [5.41, 5.74) is 1.31. The molecule has 0 aliphatic carbocycles. The van der Waals surface area contributed by atoms with E-state index in [4.69, 9.17) is 16.3 Å². The van der Waals surface area contributed by atoms with Crippen molar-refractivity contribution < 1.29 is 9.13 Å². The fourth-order valence-corrected chi connectivity index (χ4v) is 3.02. The molecule has 1 aliphatic heterocycles. The molecule has 0 radical (unpaired) electrons. The highest BCUT2D eigenvalue weighted by atomic mass is 35.5. The first-order valence-corrected chi connectivity index (χ1v) is 7.60. The van der Waals surface area contributed by atoms with Crippen molar-refractivity contribution in [2.75, 3.05) is 19.1 Å². The summed E-state index contributed by atoms with van der Waals surface area (Å²) < 4.78 is 21.5. The number of halogens is 2. The summed E-state index contributed by atoms with van der Waals surface area (Å²) in [4.78, 5) is 4.43. The standard InChI is InChI=1S/C15H18ClFN2O/c16-7-6-14-18-15-12(17)4-1-5-13(15)19(14)9-11-3-2-8-20-10-11/h1,4-5,11H,2-3,6-10H2. The number of alkyl halides is 1. The lowest BCUT2D eigenvalue weighted by atomic mass is 10.0. The largest absolute Gasteiger partial charge is 0.381 e. The van der Waals surface area contributed by atoms with E-state index in [-0.39, 0.29) is 5.82 Å². The Morgan fingerprint density at radius 2 is 2.35 bits per heavy atom. The third kappa shape index (κ3) is 2.67. The Hall–Kier alpha value is -1.13. The topological polar surface area (TPSA) is 27.1 Å². The van der Waals surface area contributed by atoms with Crippen molar-refractivity contribution in [1.82, 2.24) is 9.55 Å². The highest BCUT2D eigenvalue weighted by molar-refractivity contribution is 6.17. The van der Waals surface area contributed by atoms with Crippen LogP contribution in [0.3, 0.4) is 0 Å². The lowest BCUT2D eigenvalue weighted by Crippen LogP contribution is -2.23. The van der Waals surface area contributed by atoms with Crippen LogP contribution in [-0.2, 0) is 17.7 Å². The summed E-state index contributed by atoms with van der Waals surface area (Å²) in [6, 6.07) is 5.11. The van der Waals surface area contributed by atoms with Crippen LogP contribution in [0.2, 0.25) is 0 Å². The normalized spacial score (nSPS) is 19.6. The number of aromatic nitrogens is 2. The second-order valence-corrected chi connectivity index (χ2v) is 5.65. The van der Waals surface area contributed by atoms with Gasteiger partial charge in [-0.25, -0.2) is 9.37 Å². The predicted molar refractivity (Wildman–Crippen MR) is 77.7 cm³/mol. The van der Waals surface area contributed by atoms with Gasteiger partial charge in [-0.05, 0) is 25.0 Å². The molecule has 0 saturated carbocycles. The number of hydrogen-bond donors (Lipinski definition) is 0. The van der Waals surface area contributed by atoms with E-state index < -0.39 is 0 Å². The van der Waals surface area contributed by atoms with Gasteiger partial charge < -0.3 is 9.30 Å². The van der Waals surface area contributed by atoms with Crippen molar-refractivity contribution in [1.29, 1.82) is 0 Å². The van der Waals surface area contributed by atoms with Gasteiger partial charge in [0.15, 0.2) is 5.82 Å². The van der Waals surface area contributed by atoms with Crippen molar-refractivity contribution in [3.8, 4) is 0 Å². The van der Waals surface area contributed by atoms with E-state index in [0.717, 1.165) is 43.9 Å². The first-order valence-electron chi connectivity index (χ1n) is 7.07. The van der Waals surface area contributed by atoms with Crippen LogP contribution >= 0.6 is 11.6 Å². The van der Waals surface area contributed by atoms with Gasteiger partial charge in [-0.1, -0.05) is 6.07 Å². The minimum absolute atomic E-state index is 0.267. The van der Waals surface area contributed by atoms with Gasteiger partial charge in [0.2, 0.25) is 0 Å². The molecule has 2 aromatic rings. The van der Waals surface area contributed by atoms with E-state index in [1.54, 1.807) is 6.07 Å². The molecule has 1 aromatic heterocycles. The number of rotatable bonds is 4. The summed E-state index contributed by atoms with van der Waals surface area (Å²) >= 11 is 5.85. The van der Waals surface area contributed by atoms with Crippen LogP contribution < -0.4 is 0 Å². The van der Waals surface area contributed by atoms with Crippen molar-refractivity contribution in [3.05, 3.63) is 29.8 Å². The summed E-state index contributed by atoms with van der Waals surface area (Å²) in [7, 11) is 0. The fraction of sp³-hybridized carbons (Fsp3) is 0.533. The summed E-state index contributed by atoms with van der Waals surface area (Å²) in [5.74, 6) is 1.56. The number of para-hydroxylation sites is 1. The van der Waals surface area contributed by atoms with Crippen LogP contribution in [0.1, 0.15) is 18.7 Å². The molecule has 1 saturated heterocycles. The Morgan fingerprint density at radius 1 is 1.45 bits per heavy atom. The molecule has 1 fully saturated rings. The molecule has 1 aliphatic rings. The maximum atomic E-state index is 13.9. The van der Waals surface area contributed by atoms with Gasteiger partial charge in [0.05, 0.1) is 12.1 Å². The molecule has 0 spiro atoms. The summed E-state index contributed by atoms with van der Waals surface area (Å²) in [5, 5.41) is 0. The first-order chi connectivity index (χ1) is 9.79. The smallest absolute Gasteiger partial charge is 0.151 e. The van der Waals surface area contributed by atoms with Gasteiger partial charge in [-0.3, -0.25) is 0 Å². The van der Waals surface area contributed by atoms with Gasteiger partial charge in [0.1, 0.15) is 11.3 Å². The minimum atomic E-state index is -0.267. The Kier molecular flexibility index (Phi) is 4.22. The molecule has 0 amide bonds. The van der Waals surface area contributed by atoms with Crippen molar-refractivity contribution in [2.24, 2.45) is 5.92 Å². The zero-order chi connectivity index (χ0) is 13.9. The van der Waals surface area contributed by atoms with Gasteiger partial charge in [0, 0.05) is 31.4 Å². The van der Waals surface area contributed by atoms with Crippen LogP contribution in [-0.4, -0.2) is 28.6 Å². The fourth-order valence-electron chi connectivity index (χ4n) is 2.85. The molecule has 3 nitrogen and oxygen atoms in total. The molecule has 20 heavy (non-hydrogen) atoms. The number of hydrogen-bond acceptors (Lipinski definition) is 2. The predicted octanol–water partition coefficient (Wildman–Crippen LogP) is 3.38. The average Bonchev–Trinajstić information content (AvgIpc) is 2.81. The molecular weight excluding hydrogens is 279 g/mol. The Labute approximate surface area is 122 Å². The van der Waals surface area contributed by atoms with Gasteiger partial charge in [-0.15, -0.1) is 11.6 Å². The number of fused-ring (bicyclic) bond motifs is 1.